The van der Waals surface area contributed by atoms with Crippen LogP contribution >= 0.6 is 0 Å². The molecule has 0 spiro atoms. The van der Waals surface area contributed by atoms with Crippen LogP contribution in [0.4, 0.5) is 5.69 Å². The van der Waals surface area contributed by atoms with E-state index in [4.69, 9.17) is 5.73 Å². The zero-order chi connectivity index (χ0) is 14.2. The van der Waals surface area contributed by atoms with Crippen molar-refractivity contribution in [3.05, 3.63) is 29.8 Å². The lowest BCUT2D eigenvalue weighted by molar-refractivity contribution is 0.381. The normalized spacial score (nSPS) is 19.4. The first-order valence-corrected chi connectivity index (χ1v) is 8.97. The van der Waals surface area contributed by atoms with Crippen LogP contribution in [0.1, 0.15) is 31.2 Å². The number of sulfonamides is 1. The Labute approximate surface area is 121 Å². The number of benzene rings is 1. The van der Waals surface area contributed by atoms with Gasteiger partial charge in [0.2, 0.25) is 10.0 Å². The molecule has 0 atom stereocenters. The zero-order valence-corrected chi connectivity index (χ0v) is 12.5. The average Bonchev–Trinajstić information content (AvgIpc) is 3.25. The van der Waals surface area contributed by atoms with E-state index in [0.29, 0.717) is 36.2 Å². The number of hydrogen-bond donors (Lipinski definition) is 1. The van der Waals surface area contributed by atoms with E-state index in [9.17, 15) is 8.42 Å². The van der Waals surface area contributed by atoms with Crippen LogP contribution in [0.5, 0.6) is 0 Å². The summed E-state index contributed by atoms with van der Waals surface area (Å²) in [6.45, 7) is 1.40. The summed E-state index contributed by atoms with van der Waals surface area (Å²) in [5.74, 6) is 1.19. The van der Waals surface area contributed by atoms with Crippen molar-refractivity contribution in [1.82, 2.24) is 4.31 Å². The van der Waals surface area contributed by atoms with Crippen molar-refractivity contribution < 1.29 is 8.42 Å². The second-order valence-electron chi connectivity index (χ2n) is 6.16. The van der Waals surface area contributed by atoms with E-state index in [0.717, 1.165) is 0 Å². The number of rotatable bonds is 7. The van der Waals surface area contributed by atoms with Crippen LogP contribution in [-0.2, 0) is 15.8 Å². The van der Waals surface area contributed by atoms with E-state index in [1.165, 1.54) is 25.7 Å². The molecule has 3 rings (SSSR count). The third-order valence-electron chi connectivity index (χ3n) is 4.10. The van der Waals surface area contributed by atoms with Gasteiger partial charge in [-0.25, -0.2) is 12.7 Å². The van der Waals surface area contributed by atoms with Gasteiger partial charge in [0.05, 0.1) is 5.75 Å². The van der Waals surface area contributed by atoms with Crippen molar-refractivity contribution in [2.75, 3.05) is 18.8 Å². The molecule has 20 heavy (non-hydrogen) atoms. The van der Waals surface area contributed by atoms with E-state index < -0.39 is 10.0 Å². The van der Waals surface area contributed by atoms with Crippen molar-refractivity contribution in [1.29, 1.82) is 0 Å². The SMILES string of the molecule is Nc1ccccc1CS(=O)(=O)N(CC1CC1)CC1CC1. The highest BCUT2D eigenvalue weighted by Crippen LogP contribution is 2.35. The molecule has 0 bridgehead atoms. The molecular formula is C15H22N2O2S. The minimum absolute atomic E-state index is 0.0269. The van der Waals surface area contributed by atoms with Crippen LogP contribution in [0.15, 0.2) is 24.3 Å². The molecule has 0 aliphatic heterocycles. The van der Waals surface area contributed by atoms with E-state index in [2.05, 4.69) is 0 Å². The number of nitrogens with two attached hydrogens (primary N) is 1. The Morgan fingerprint density at radius 2 is 1.60 bits per heavy atom. The number of nitrogen functional groups attached to an aromatic ring is 1. The molecule has 2 saturated carbocycles. The molecule has 2 fully saturated rings. The van der Waals surface area contributed by atoms with Gasteiger partial charge in [-0.15, -0.1) is 0 Å². The van der Waals surface area contributed by atoms with Gasteiger partial charge in [-0.05, 0) is 49.1 Å². The molecular weight excluding hydrogens is 272 g/mol. The molecule has 4 nitrogen and oxygen atoms in total. The fraction of sp³-hybridized carbons (Fsp3) is 0.600. The van der Waals surface area contributed by atoms with Gasteiger partial charge in [0.25, 0.3) is 0 Å². The fourth-order valence-electron chi connectivity index (χ4n) is 2.43. The first-order chi connectivity index (χ1) is 9.54. The molecule has 0 amide bonds. The Bertz CT molecular complexity index is 563. The summed E-state index contributed by atoms with van der Waals surface area (Å²) < 4.78 is 27.0. The van der Waals surface area contributed by atoms with Gasteiger partial charge in [0, 0.05) is 18.8 Å². The lowest BCUT2D eigenvalue weighted by Gasteiger charge is -2.22. The van der Waals surface area contributed by atoms with Crippen LogP contribution in [0, 0.1) is 11.8 Å². The largest absolute Gasteiger partial charge is 0.398 e. The van der Waals surface area contributed by atoms with Gasteiger partial charge >= 0.3 is 0 Å². The molecule has 2 N–H and O–H groups in total. The molecule has 5 heteroatoms. The molecule has 0 saturated heterocycles. The first-order valence-electron chi connectivity index (χ1n) is 7.36. The summed E-state index contributed by atoms with van der Waals surface area (Å²) >= 11 is 0. The predicted octanol–water partition coefficient (Wildman–Crippen LogP) is 2.22. The van der Waals surface area contributed by atoms with Gasteiger partial charge in [0.1, 0.15) is 0 Å². The lowest BCUT2D eigenvalue weighted by atomic mass is 10.2. The van der Waals surface area contributed by atoms with E-state index in [-0.39, 0.29) is 5.75 Å². The van der Waals surface area contributed by atoms with Gasteiger partial charge in [-0.2, -0.15) is 0 Å². The Morgan fingerprint density at radius 1 is 1.05 bits per heavy atom. The minimum atomic E-state index is -3.25. The van der Waals surface area contributed by atoms with E-state index in [1.807, 2.05) is 12.1 Å². The van der Waals surface area contributed by atoms with Crippen molar-refractivity contribution in [3.8, 4) is 0 Å². The third kappa shape index (κ3) is 3.52. The summed E-state index contributed by atoms with van der Waals surface area (Å²) in [6, 6.07) is 7.24. The third-order valence-corrected chi connectivity index (χ3v) is 5.86. The molecule has 0 radical (unpaired) electrons. The van der Waals surface area contributed by atoms with Crippen LogP contribution < -0.4 is 5.73 Å². The van der Waals surface area contributed by atoms with Crippen LogP contribution in [-0.4, -0.2) is 25.8 Å². The maximum Gasteiger partial charge on any atom is 0.218 e. The van der Waals surface area contributed by atoms with Crippen LogP contribution in [0.2, 0.25) is 0 Å². The smallest absolute Gasteiger partial charge is 0.218 e. The maximum atomic E-state index is 12.6. The second kappa shape index (κ2) is 5.37. The van der Waals surface area contributed by atoms with Crippen molar-refractivity contribution in [3.63, 3.8) is 0 Å². The molecule has 0 unspecified atom stereocenters. The molecule has 0 heterocycles. The summed E-state index contributed by atoms with van der Waals surface area (Å²) in [6.07, 6.45) is 4.68. The van der Waals surface area contributed by atoms with E-state index in [1.54, 1.807) is 16.4 Å². The standard InChI is InChI=1S/C15H22N2O2S/c16-15-4-2-1-3-14(15)11-20(18,19)17(9-12-5-6-12)10-13-7-8-13/h1-4,12-13H,5-11,16H2. The number of hydrogen-bond acceptors (Lipinski definition) is 3. The van der Waals surface area contributed by atoms with Gasteiger partial charge in [-0.3, -0.25) is 0 Å². The van der Waals surface area contributed by atoms with Crippen LogP contribution in [0.25, 0.3) is 0 Å². The Hall–Kier alpha value is -1.07. The summed E-state index contributed by atoms with van der Waals surface area (Å²) in [5.41, 5.74) is 7.15. The fourth-order valence-corrected chi connectivity index (χ4v) is 4.15. The molecule has 2 aliphatic carbocycles. The Balaban J connectivity index is 1.74. The lowest BCUT2D eigenvalue weighted by Crippen LogP contribution is -2.35. The molecule has 110 valence electrons. The molecule has 1 aromatic carbocycles. The summed E-state index contributed by atoms with van der Waals surface area (Å²) in [7, 11) is -3.25. The highest BCUT2D eigenvalue weighted by Gasteiger charge is 2.35. The van der Waals surface area contributed by atoms with Crippen LogP contribution in [0.3, 0.4) is 0 Å². The second-order valence-corrected chi connectivity index (χ2v) is 8.13. The van der Waals surface area contributed by atoms with Crippen molar-refractivity contribution >= 4 is 15.7 Å². The number of anilines is 1. The average molecular weight is 294 g/mol. The monoisotopic (exact) mass is 294 g/mol. The van der Waals surface area contributed by atoms with Crippen molar-refractivity contribution in [2.45, 2.75) is 31.4 Å². The highest BCUT2D eigenvalue weighted by atomic mass is 32.2. The molecule has 2 aliphatic rings. The Kier molecular flexibility index (Phi) is 3.73. The highest BCUT2D eigenvalue weighted by molar-refractivity contribution is 7.88. The number of nitrogens with zero attached hydrogens (tertiary/aromatic N) is 1. The van der Waals surface area contributed by atoms with E-state index >= 15 is 0 Å². The van der Waals surface area contributed by atoms with Gasteiger partial charge in [0.15, 0.2) is 0 Å². The topological polar surface area (TPSA) is 63.4 Å². The molecule has 0 aromatic heterocycles. The zero-order valence-electron chi connectivity index (χ0n) is 11.7. The summed E-state index contributed by atoms with van der Waals surface area (Å²) in [4.78, 5) is 0. The van der Waals surface area contributed by atoms with Gasteiger partial charge in [-0.1, -0.05) is 18.2 Å². The predicted molar refractivity (Wildman–Crippen MR) is 80.5 cm³/mol. The maximum absolute atomic E-state index is 12.6. The molecule has 1 aromatic rings. The Morgan fingerprint density at radius 3 is 2.10 bits per heavy atom. The van der Waals surface area contributed by atoms with Gasteiger partial charge < -0.3 is 5.73 Å². The minimum Gasteiger partial charge on any atom is -0.398 e. The first kappa shape index (κ1) is 13.9. The summed E-state index contributed by atoms with van der Waals surface area (Å²) in [5, 5.41) is 0. The quantitative estimate of drug-likeness (QED) is 0.784. The number of para-hydroxylation sites is 1. The van der Waals surface area contributed by atoms with Crippen molar-refractivity contribution in [2.24, 2.45) is 11.8 Å².